The molecule has 0 aromatic heterocycles. The van der Waals surface area contributed by atoms with E-state index in [9.17, 15) is 9.59 Å². The van der Waals surface area contributed by atoms with Gasteiger partial charge in [-0.3, -0.25) is 9.59 Å². The molecule has 0 amide bonds. The van der Waals surface area contributed by atoms with E-state index in [1.807, 2.05) is 12.1 Å². The zero-order chi connectivity index (χ0) is 21.9. The van der Waals surface area contributed by atoms with E-state index in [1.54, 1.807) is 21.3 Å². The van der Waals surface area contributed by atoms with Crippen molar-refractivity contribution in [1.82, 2.24) is 0 Å². The number of carboxylic acids is 1. The number of methoxy groups -OCH3 is 3. The number of quaternary nitrogens is 1. The van der Waals surface area contributed by atoms with Gasteiger partial charge in [-0.15, -0.1) is 24.8 Å². The molecule has 1 N–H and O–H groups in total. The molecule has 2 heterocycles. The topological polar surface area (TPSA) is 91.3 Å². The van der Waals surface area contributed by atoms with Gasteiger partial charge in [-0.05, 0) is 12.1 Å². The minimum atomic E-state index is -0.981. The molecule has 0 spiro atoms. The van der Waals surface area contributed by atoms with E-state index in [0.29, 0.717) is 29.3 Å². The number of nitrogens with zero attached hydrogens (tertiary/aromatic N) is 1. The maximum atomic E-state index is 12.0. The molecule has 0 radical (unpaired) electrons. The van der Waals surface area contributed by atoms with Gasteiger partial charge in [0.1, 0.15) is 12.6 Å². The Bertz CT molecular complexity index is 765. The minimum absolute atomic E-state index is 0. The Morgan fingerprint density at radius 2 is 1.50 bits per heavy atom. The molecule has 2 aliphatic heterocycles. The van der Waals surface area contributed by atoms with Gasteiger partial charge in [-0.25, -0.2) is 0 Å². The molecule has 0 saturated carbocycles. The zero-order valence-corrected chi connectivity index (χ0v) is 20.6. The third-order valence-electron chi connectivity index (χ3n) is 6.66. The van der Waals surface area contributed by atoms with Crippen LogP contribution >= 0.6 is 24.8 Å². The van der Waals surface area contributed by atoms with Gasteiger partial charge in [0.25, 0.3) is 0 Å². The lowest BCUT2D eigenvalue weighted by Crippen LogP contribution is -2.58. The lowest BCUT2D eigenvalue weighted by Gasteiger charge is -2.47. The average Bonchev–Trinajstić information content (AvgIpc) is 2.88. The molecule has 2 fully saturated rings. The summed E-state index contributed by atoms with van der Waals surface area (Å²) in [5.41, 5.74) is 1.11. The SMILES string of the molecule is COc1cc(C[N+]2(C)[C@@H]3CC[C@H]2CC(OC(=O)CCC(=O)O)C3)cc(OC)c1OC.Cl.Cl. The Morgan fingerprint density at radius 1 is 0.969 bits per heavy atom. The van der Waals surface area contributed by atoms with Crippen molar-refractivity contribution in [2.45, 2.75) is 63.3 Å². The first kappa shape index (κ1) is 28.1. The summed E-state index contributed by atoms with van der Waals surface area (Å²) in [6, 6.07) is 4.78. The molecule has 2 unspecified atom stereocenters. The summed E-state index contributed by atoms with van der Waals surface area (Å²) < 4.78 is 22.9. The number of hydrogen-bond donors (Lipinski definition) is 1. The molecule has 8 nitrogen and oxygen atoms in total. The van der Waals surface area contributed by atoms with Crippen LogP contribution < -0.4 is 14.2 Å². The van der Waals surface area contributed by atoms with Crippen LogP contribution in [0.25, 0.3) is 0 Å². The number of fused-ring (bicyclic) bond motifs is 2. The van der Waals surface area contributed by atoms with Crippen LogP contribution in [0.3, 0.4) is 0 Å². The van der Waals surface area contributed by atoms with Crippen molar-refractivity contribution in [2.75, 3.05) is 28.4 Å². The smallest absolute Gasteiger partial charge is 0.306 e. The van der Waals surface area contributed by atoms with Gasteiger partial charge in [-0.1, -0.05) is 0 Å². The summed E-state index contributed by atoms with van der Waals surface area (Å²) in [5.74, 6) is 0.482. The summed E-state index contributed by atoms with van der Waals surface area (Å²) in [6.45, 7) is 0.825. The van der Waals surface area contributed by atoms with Crippen LogP contribution in [0.1, 0.15) is 44.1 Å². The van der Waals surface area contributed by atoms with Crippen molar-refractivity contribution in [3.05, 3.63) is 17.7 Å². The Balaban J connectivity index is 0.00000256. The van der Waals surface area contributed by atoms with Crippen molar-refractivity contribution in [2.24, 2.45) is 0 Å². The molecule has 2 saturated heterocycles. The largest absolute Gasteiger partial charge is 0.493 e. The van der Waals surface area contributed by atoms with Gasteiger partial charge >= 0.3 is 11.9 Å². The second-order valence-electron chi connectivity index (χ2n) is 8.40. The van der Waals surface area contributed by atoms with E-state index in [2.05, 4.69) is 7.05 Å². The van der Waals surface area contributed by atoms with Crippen LogP contribution in [0.5, 0.6) is 17.2 Å². The van der Waals surface area contributed by atoms with Crippen LogP contribution in [0, 0.1) is 0 Å². The second-order valence-corrected chi connectivity index (χ2v) is 8.40. The zero-order valence-electron chi connectivity index (χ0n) is 19.0. The normalized spacial score (nSPS) is 25.7. The summed E-state index contributed by atoms with van der Waals surface area (Å²) >= 11 is 0. The van der Waals surface area contributed by atoms with E-state index < -0.39 is 11.9 Å². The molecule has 182 valence electrons. The number of benzene rings is 1. The highest BCUT2D eigenvalue weighted by molar-refractivity contribution is 5.85. The molecule has 10 heteroatoms. The van der Waals surface area contributed by atoms with Gasteiger partial charge in [0, 0.05) is 31.2 Å². The van der Waals surface area contributed by atoms with Crippen LogP contribution in [-0.4, -0.2) is 68.1 Å². The van der Waals surface area contributed by atoms with Gasteiger partial charge in [0.15, 0.2) is 11.5 Å². The van der Waals surface area contributed by atoms with E-state index in [4.69, 9.17) is 24.1 Å². The second kappa shape index (κ2) is 11.8. The van der Waals surface area contributed by atoms with Crippen molar-refractivity contribution < 1.29 is 38.1 Å². The van der Waals surface area contributed by atoms with E-state index in [1.165, 1.54) is 0 Å². The quantitative estimate of drug-likeness (QED) is 0.414. The summed E-state index contributed by atoms with van der Waals surface area (Å²) in [4.78, 5) is 22.6. The van der Waals surface area contributed by atoms with Gasteiger partial charge in [0.05, 0.1) is 53.3 Å². The fourth-order valence-electron chi connectivity index (χ4n) is 5.12. The molecular weight excluding hydrogens is 461 g/mol. The Morgan fingerprint density at radius 3 is 1.94 bits per heavy atom. The monoisotopic (exact) mass is 494 g/mol. The Hall–Kier alpha value is -1.90. The highest BCUT2D eigenvalue weighted by Crippen LogP contribution is 2.45. The predicted octanol–water partition coefficient (Wildman–Crippen LogP) is 3.60. The molecule has 3 rings (SSSR count). The minimum Gasteiger partial charge on any atom is -0.493 e. The first-order chi connectivity index (χ1) is 14.3. The third kappa shape index (κ3) is 5.91. The van der Waals surface area contributed by atoms with Crippen LogP contribution in [0.2, 0.25) is 0 Å². The lowest BCUT2D eigenvalue weighted by molar-refractivity contribution is -0.961. The fourth-order valence-corrected chi connectivity index (χ4v) is 5.12. The third-order valence-corrected chi connectivity index (χ3v) is 6.66. The van der Waals surface area contributed by atoms with Crippen molar-refractivity contribution >= 4 is 36.8 Å². The number of carbonyl (C=O) groups is 2. The van der Waals surface area contributed by atoms with Gasteiger partial charge in [-0.2, -0.15) is 0 Å². The number of rotatable bonds is 9. The molecule has 4 atom stereocenters. The standard InChI is InChI=1S/C22H31NO7.2ClH/c1-23(13-14-9-18(27-2)22(29-4)19(10-14)28-3)15-5-6-16(23)12-17(11-15)30-21(26)8-7-20(24)25;;/h9-10,15-17H,5-8,11-13H2,1-4H3;2*1H/p+1/t15-,16+,17?,23?;;. The van der Waals surface area contributed by atoms with Gasteiger partial charge < -0.3 is 28.5 Å². The Labute approximate surface area is 201 Å². The number of esters is 1. The summed E-state index contributed by atoms with van der Waals surface area (Å²) in [5, 5.41) is 8.74. The maximum absolute atomic E-state index is 12.0. The van der Waals surface area contributed by atoms with Crippen molar-refractivity contribution in [3.8, 4) is 17.2 Å². The maximum Gasteiger partial charge on any atom is 0.306 e. The van der Waals surface area contributed by atoms with Crippen LogP contribution in [-0.2, 0) is 20.9 Å². The Kier molecular flexibility index (Phi) is 10.4. The number of ether oxygens (including phenoxy) is 4. The molecule has 1 aromatic carbocycles. The average molecular weight is 495 g/mol. The lowest BCUT2D eigenvalue weighted by atomic mass is 9.95. The van der Waals surface area contributed by atoms with Gasteiger partial charge in [0.2, 0.25) is 5.75 Å². The molecule has 0 aliphatic carbocycles. The highest BCUT2D eigenvalue weighted by Gasteiger charge is 2.52. The van der Waals surface area contributed by atoms with Crippen molar-refractivity contribution in [3.63, 3.8) is 0 Å². The van der Waals surface area contributed by atoms with E-state index >= 15 is 0 Å². The number of aliphatic carboxylic acids is 1. The van der Waals surface area contributed by atoms with Crippen molar-refractivity contribution in [1.29, 1.82) is 0 Å². The highest BCUT2D eigenvalue weighted by atomic mass is 35.5. The first-order valence-corrected chi connectivity index (χ1v) is 10.4. The number of hydrogen-bond acceptors (Lipinski definition) is 6. The molecule has 2 bridgehead atoms. The fraction of sp³-hybridized carbons (Fsp3) is 0.636. The summed E-state index contributed by atoms with van der Waals surface area (Å²) in [6.07, 6.45) is 3.40. The summed E-state index contributed by atoms with van der Waals surface area (Å²) in [7, 11) is 7.10. The molecule has 1 aromatic rings. The molecule has 32 heavy (non-hydrogen) atoms. The first-order valence-electron chi connectivity index (χ1n) is 10.4. The molecular formula is C22H34Cl2NO7+. The van der Waals surface area contributed by atoms with E-state index in [-0.39, 0.29) is 43.8 Å². The van der Waals surface area contributed by atoms with Crippen LogP contribution in [0.4, 0.5) is 0 Å². The van der Waals surface area contributed by atoms with E-state index in [0.717, 1.165) is 42.3 Å². The predicted molar refractivity (Wildman–Crippen MR) is 123 cm³/mol. The molecule has 2 aliphatic rings. The number of carboxylic acid groups (broad SMARTS) is 1. The number of piperidine rings is 1. The number of carbonyl (C=O) groups excluding carboxylic acids is 1. The number of halogens is 2. The van der Waals surface area contributed by atoms with Crippen LogP contribution in [0.15, 0.2) is 12.1 Å².